The zero-order chi connectivity index (χ0) is 18.0. The molecule has 25 heavy (non-hydrogen) atoms. The van der Waals surface area contributed by atoms with E-state index in [1.165, 1.54) is 4.57 Å². The van der Waals surface area contributed by atoms with Crippen LogP contribution in [-0.2, 0) is 16.1 Å². The van der Waals surface area contributed by atoms with Gasteiger partial charge >= 0.3 is 0 Å². The summed E-state index contributed by atoms with van der Waals surface area (Å²) in [6, 6.07) is 6.51. The van der Waals surface area contributed by atoms with Gasteiger partial charge in [0.25, 0.3) is 5.56 Å². The van der Waals surface area contributed by atoms with E-state index in [0.29, 0.717) is 5.56 Å². The van der Waals surface area contributed by atoms with Gasteiger partial charge in [0.05, 0.1) is 12.1 Å². The lowest BCUT2D eigenvalue weighted by Gasteiger charge is -2.25. The van der Waals surface area contributed by atoms with E-state index in [1.54, 1.807) is 55.7 Å². The number of carbonyl (C=O) groups excluding carboxylic acids is 2. The van der Waals surface area contributed by atoms with Gasteiger partial charge in [0, 0.05) is 37.6 Å². The summed E-state index contributed by atoms with van der Waals surface area (Å²) in [5, 5.41) is 2.89. The predicted molar refractivity (Wildman–Crippen MR) is 91.7 cm³/mol. The van der Waals surface area contributed by atoms with Crippen LogP contribution in [0.4, 0.5) is 0 Å². The van der Waals surface area contributed by atoms with Crippen molar-refractivity contribution < 1.29 is 9.59 Å². The molecule has 7 nitrogen and oxygen atoms in total. The van der Waals surface area contributed by atoms with Gasteiger partial charge in [0.2, 0.25) is 11.8 Å². The van der Waals surface area contributed by atoms with E-state index in [4.69, 9.17) is 0 Å². The maximum absolute atomic E-state index is 12.4. The minimum atomic E-state index is -0.352. The fourth-order valence-corrected chi connectivity index (χ4v) is 3.19. The second-order valence-electron chi connectivity index (χ2n) is 6.24. The third kappa shape index (κ3) is 3.45. The number of hydrogen-bond donors (Lipinski definition) is 1. The molecule has 0 saturated carbocycles. The number of aryl methyl sites for hydroxylation is 1. The highest BCUT2D eigenvalue weighted by Crippen LogP contribution is 2.31. The van der Waals surface area contributed by atoms with Gasteiger partial charge in [-0.05, 0) is 24.6 Å². The molecule has 0 spiro atoms. The van der Waals surface area contributed by atoms with E-state index >= 15 is 0 Å². The minimum absolute atomic E-state index is 0.0353. The number of rotatable bonds is 4. The number of nitrogens with one attached hydrogen (secondary N) is 1. The summed E-state index contributed by atoms with van der Waals surface area (Å²) in [6.07, 6.45) is 5.17. The molecule has 1 aliphatic rings. The number of likely N-dealkylation sites (tertiary alicyclic amines) is 1. The molecule has 0 unspecified atom stereocenters. The molecule has 0 bridgehead atoms. The van der Waals surface area contributed by atoms with Crippen LogP contribution < -0.4 is 10.9 Å². The molecule has 1 fully saturated rings. The minimum Gasteiger partial charge on any atom is -0.349 e. The van der Waals surface area contributed by atoms with E-state index in [9.17, 15) is 14.4 Å². The third-order valence-corrected chi connectivity index (χ3v) is 4.48. The van der Waals surface area contributed by atoms with Gasteiger partial charge in [0.1, 0.15) is 6.54 Å². The van der Waals surface area contributed by atoms with Crippen molar-refractivity contribution in [3.63, 3.8) is 0 Å². The zero-order valence-corrected chi connectivity index (χ0v) is 14.2. The maximum atomic E-state index is 12.4. The lowest BCUT2D eigenvalue weighted by molar-refractivity contribution is -0.127. The van der Waals surface area contributed by atoms with Crippen molar-refractivity contribution in [3.8, 4) is 0 Å². The Morgan fingerprint density at radius 3 is 2.84 bits per heavy atom. The highest BCUT2D eigenvalue weighted by atomic mass is 16.2. The lowest BCUT2D eigenvalue weighted by atomic mass is 10.0. The molecule has 2 atom stereocenters. The second kappa shape index (κ2) is 6.88. The quantitative estimate of drug-likeness (QED) is 0.885. The molecule has 2 amide bonds. The number of likely N-dealkylation sites (N-methyl/N-ethyl adjacent to an activating group) is 1. The van der Waals surface area contributed by atoms with Crippen LogP contribution >= 0.6 is 0 Å². The van der Waals surface area contributed by atoms with Crippen LogP contribution in [0.3, 0.4) is 0 Å². The smallest absolute Gasteiger partial charge is 0.253 e. The van der Waals surface area contributed by atoms with Gasteiger partial charge in [0.15, 0.2) is 0 Å². The van der Waals surface area contributed by atoms with Gasteiger partial charge < -0.3 is 14.8 Å². The monoisotopic (exact) mass is 340 g/mol. The van der Waals surface area contributed by atoms with Crippen molar-refractivity contribution in [1.29, 1.82) is 0 Å². The largest absolute Gasteiger partial charge is 0.349 e. The fourth-order valence-electron chi connectivity index (χ4n) is 3.19. The van der Waals surface area contributed by atoms with Gasteiger partial charge in [-0.15, -0.1) is 0 Å². The van der Waals surface area contributed by atoms with E-state index in [-0.39, 0.29) is 42.4 Å². The Balaban J connectivity index is 1.76. The summed E-state index contributed by atoms with van der Waals surface area (Å²) in [5.74, 6) is -0.332. The van der Waals surface area contributed by atoms with Crippen LogP contribution in [0.15, 0.2) is 47.7 Å². The molecule has 1 aliphatic heterocycles. The topological polar surface area (TPSA) is 84.3 Å². The Morgan fingerprint density at radius 2 is 2.12 bits per heavy atom. The average Bonchev–Trinajstić information content (AvgIpc) is 2.86. The Bertz CT molecular complexity index is 847. The first-order valence-electron chi connectivity index (χ1n) is 8.08. The number of pyridine rings is 2. The summed E-state index contributed by atoms with van der Waals surface area (Å²) in [5.41, 5.74) is 1.26. The highest BCUT2D eigenvalue weighted by molar-refractivity contribution is 5.83. The third-order valence-electron chi connectivity index (χ3n) is 4.48. The van der Waals surface area contributed by atoms with Crippen molar-refractivity contribution in [2.75, 3.05) is 7.05 Å². The Morgan fingerprint density at radius 1 is 1.32 bits per heavy atom. The van der Waals surface area contributed by atoms with E-state index in [0.717, 1.165) is 5.56 Å². The lowest BCUT2D eigenvalue weighted by Crippen LogP contribution is -2.41. The molecule has 1 saturated heterocycles. The van der Waals surface area contributed by atoms with Crippen LogP contribution in [-0.4, -0.2) is 39.4 Å². The molecule has 0 aromatic carbocycles. The van der Waals surface area contributed by atoms with Crippen LogP contribution in [0.25, 0.3) is 0 Å². The van der Waals surface area contributed by atoms with E-state index in [2.05, 4.69) is 10.3 Å². The van der Waals surface area contributed by atoms with Crippen molar-refractivity contribution in [2.45, 2.75) is 32.0 Å². The van der Waals surface area contributed by atoms with Crippen LogP contribution in [0.2, 0.25) is 0 Å². The summed E-state index contributed by atoms with van der Waals surface area (Å²) in [6.45, 7) is 1.63. The number of hydrogen-bond acceptors (Lipinski definition) is 4. The van der Waals surface area contributed by atoms with Crippen molar-refractivity contribution in [2.24, 2.45) is 0 Å². The summed E-state index contributed by atoms with van der Waals surface area (Å²) in [4.78, 5) is 42.3. The molecule has 0 radical (unpaired) electrons. The fraction of sp³-hybridized carbons (Fsp3) is 0.333. The van der Waals surface area contributed by atoms with Crippen LogP contribution in [0.5, 0.6) is 0 Å². The van der Waals surface area contributed by atoms with Crippen molar-refractivity contribution >= 4 is 11.8 Å². The first kappa shape index (κ1) is 16.9. The molecule has 130 valence electrons. The molecule has 0 aliphatic carbocycles. The van der Waals surface area contributed by atoms with E-state index < -0.39 is 0 Å². The molecule has 2 aromatic heterocycles. The summed E-state index contributed by atoms with van der Waals surface area (Å²) >= 11 is 0. The average molecular weight is 340 g/mol. The second-order valence-corrected chi connectivity index (χ2v) is 6.24. The normalized spacial score (nSPS) is 19.9. The van der Waals surface area contributed by atoms with Gasteiger partial charge in [-0.25, -0.2) is 0 Å². The SMILES string of the molecule is Cc1cccn(CC(=O)N[C@@H]2CC(=O)N(C)[C@H]2c2cccnc2)c1=O. The first-order valence-corrected chi connectivity index (χ1v) is 8.08. The zero-order valence-electron chi connectivity index (χ0n) is 14.2. The molecule has 3 heterocycles. The molecule has 2 aromatic rings. The summed E-state index contributed by atoms with van der Waals surface area (Å²) < 4.78 is 1.37. The van der Waals surface area contributed by atoms with Gasteiger partial charge in [-0.1, -0.05) is 12.1 Å². The van der Waals surface area contributed by atoms with Crippen LogP contribution in [0, 0.1) is 6.92 Å². The maximum Gasteiger partial charge on any atom is 0.253 e. The number of aromatic nitrogens is 2. The standard InChI is InChI=1S/C18H20N4O3/c1-12-5-4-8-22(18(12)25)11-15(23)20-14-9-16(24)21(2)17(14)13-6-3-7-19-10-13/h3-8,10,14,17H,9,11H2,1-2H3,(H,20,23)/t14-,17+/m1/s1. The molecular weight excluding hydrogens is 320 g/mol. The van der Waals surface area contributed by atoms with Crippen molar-refractivity contribution in [3.05, 3.63) is 64.3 Å². The molecule has 7 heteroatoms. The number of carbonyl (C=O) groups is 2. The van der Waals surface area contributed by atoms with E-state index in [1.807, 2.05) is 6.07 Å². The van der Waals surface area contributed by atoms with Crippen molar-refractivity contribution in [1.82, 2.24) is 19.8 Å². The van der Waals surface area contributed by atoms with Gasteiger partial charge in [-0.2, -0.15) is 0 Å². The molecule has 3 rings (SSSR count). The van der Waals surface area contributed by atoms with Crippen LogP contribution in [0.1, 0.15) is 23.6 Å². The summed E-state index contributed by atoms with van der Waals surface area (Å²) in [7, 11) is 1.72. The number of nitrogens with zero attached hydrogens (tertiary/aromatic N) is 3. The Hall–Kier alpha value is -2.96. The molecular formula is C18H20N4O3. The predicted octanol–water partition coefficient (Wildman–Crippen LogP) is 0.640. The first-order chi connectivity index (χ1) is 12.0. The van der Waals surface area contributed by atoms with Gasteiger partial charge in [-0.3, -0.25) is 19.4 Å². The Kier molecular flexibility index (Phi) is 4.65. The molecule has 1 N–H and O–H groups in total. The number of amides is 2. The highest BCUT2D eigenvalue weighted by Gasteiger charge is 2.39. The Labute approximate surface area is 145 Å².